The van der Waals surface area contributed by atoms with Crippen LogP contribution in [0.1, 0.15) is 22.8 Å². The maximum Gasteiger partial charge on any atom is 0.271 e. The van der Waals surface area contributed by atoms with Crippen LogP contribution in [0.2, 0.25) is 0 Å². The zero-order valence-corrected chi connectivity index (χ0v) is 12.4. The van der Waals surface area contributed by atoms with Crippen LogP contribution in [0.25, 0.3) is 6.08 Å². The third-order valence-corrected chi connectivity index (χ3v) is 2.84. The van der Waals surface area contributed by atoms with Crippen LogP contribution in [0.5, 0.6) is 5.75 Å². The first-order valence-electron chi connectivity index (χ1n) is 7.07. The molecule has 112 valence electrons. The summed E-state index contributed by atoms with van der Waals surface area (Å²) < 4.78 is 5.33. The van der Waals surface area contributed by atoms with Crippen molar-refractivity contribution < 1.29 is 9.53 Å². The van der Waals surface area contributed by atoms with Crippen LogP contribution in [0.15, 0.2) is 65.8 Å². The summed E-state index contributed by atoms with van der Waals surface area (Å²) in [5.74, 6) is 0.487. The fraction of sp³-hybridized carbons (Fsp3) is 0.111. The molecule has 0 aliphatic carbocycles. The van der Waals surface area contributed by atoms with E-state index in [1.54, 1.807) is 36.6 Å². The summed E-state index contributed by atoms with van der Waals surface area (Å²) in [6.45, 7) is 2.52. The van der Waals surface area contributed by atoms with Gasteiger partial charge in [-0.15, -0.1) is 0 Å². The van der Waals surface area contributed by atoms with Crippen LogP contribution in [-0.2, 0) is 0 Å². The fourth-order valence-corrected chi connectivity index (χ4v) is 1.79. The molecule has 0 heterocycles. The van der Waals surface area contributed by atoms with Crippen LogP contribution < -0.4 is 10.2 Å². The highest BCUT2D eigenvalue weighted by molar-refractivity contribution is 5.94. The lowest BCUT2D eigenvalue weighted by atomic mass is 10.2. The first kappa shape index (κ1) is 15.5. The molecule has 0 unspecified atom stereocenters. The molecule has 2 rings (SSSR count). The number of hydrazone groups is 1. The highest BCUT2D eigenvalue weighted by Crippen LogP contribution is 2.11. The number of ether oxygens (including phenoxy) is 1. The molecular formula is C18H18N2O2. The van der Waals surface area contributed by atoms with Crippen molar-refractivity contribution in [1.82, 2.24) is 5.43 Å². The number of amides is 1. The normalized spacial score (nSPS) is 11.0. The summed E-state index contributed by atoms with van der Waals surface area (Å²) in [6, 6.07) is 16.8. The van der Waals surface area contributed by atoms with Crippen LogP contribution in [-0.4, -0.2) is 18.7 Å². The lowest BCUT2D eigenvalue weighted by molar-refractivity contribution is 0.0955. The van der Waals surface area contributed by atoms with E-state index in [9.17, 15) is 4.79 Å². The molecular weight excluding hydrogens is 276 g/mol. The first-order chi connectivity index (χ1) is 10.8. The van der Waals surface area contributed by atoms with Gasteiger partial charge in [0.25, 0.3) is 5.91 Å². The summed E-state index contributed by atoms with van der Waals surface area (Å²) >= 11 is 0. The number of hydrogen-bond acceptors (Lipinski definition) is 3. The van der Waals surface area contributed by atoms with Crippen LogP contribution >= 0.6 is 0 Å². The zero-order chi connectivity index (χ0) is 15.6. The summed E-state index contributed by atoms with van der Waals surface area (Å²) in [5.41, 5.74) is 4.09. The Balaban J connectivity index is 1.84. The second-order valence-corrected chi connectivity index (χ2v) is 4.45. The van der Waals surface area contributed by atoms with E-state index >= 15 is 0 Å². The van der Waals surface area contributed by atoms with Crippen LogP contribution in [0, 0.1) is 0 Å². The van der Waals surface area contributed by atoms with Gasteiger partial charge in [-0.05, 0) is 42.8 Å². The number of benzene rings is 2. The molecule has 0 bridgehead atoms. The number of hydrogen-bond donors (Lipinski definition) is 1. The van der Waals surface area contributed by atoms with E-state index in [-0.39, 0.29) is 5.91 Å². The molecule has 4 heteroatoms. The Morgan fingerprint density at radius 1 is 1.14 bits per heavy atom. The van der Waals surface area contributed by atoms with E-state index in [0.29, 0.717) is 12.2 Å². The molecule has 0 aromatic heterocycles. The van der Waals surface area contributed by atoms with Gasteiger partial charge in [0.1, 0.15) is 5.75 Å². The molecule has 1 N–H and O–H groups in total. The molecule has 2 aromatic carbocycles. The van der Waals surface area contributed by atoms with Gasteiger partial charge in [-0.2, -0.15) is 5.10 Å². The van der Waals surface area contributed by atoms with Gasteiger partial charge in [0.2, 0.25) is 0 Å². The second-order valence-electron chi connectivity index (χ2n) is 4.45. The SMILES string of the molecule is CCOc1ccc(C(=O)N/N=C\C=C\c2ccccc2)cc1. The molecule has 0 spiro atoms. The van der Waals surface area contributed by atoms with Crippen molar-refractivity contribution >= 4 is 18.2 Å². The topological polar surface area (TPSA) is 50.7 Å². The molecule has 0 aliphatic rings. The van der Waals surface area contributed by atoms with Crippen molar-refractivity contribution in [3.8, 4) is 5.75 Å². The number of allylic oxidation sites excluding steroid dienone is 1. The van der Waals surface area contributed by atoms with Gasteiger partial charge < -0.3 is 4.74 Å². The van der Waals surface area contributed by atoms with Crippen molar-refractivity contribution in [2.24, 2.45) is 5.10 Å². The number of carbonyl (C=O) groups excluding carboxylic acids is 1. The van der Waals surface area contributed by atoms with Gasteiger partial charge in [-0.25, -0.2) is 5.43 Å². The first-order valence-corrected chi connectivity index (χ1v) is 7.07. The molecule has 4 nitrogen and oxygen atoms in total. The summed E-state index contributed by atoms with van der Waals surface area (Å²) in [4.78, 5) is 11.9. The number of nitrogens with one attached hydrogen (secondary N) is 1. The van der Waals surface area contributed by atoms with E-state index in [4.69, 9.17) is 4.74 Å². The molecule has 0 saturated carbocycles. The van der Waals surface area contributed by atoms with Gasteiger partial charge >= 0.3 is 0 Å². The minimum atomic E-state index is -0.257. The molecule has 2 aromatic rings. The number of rotatable bonds is 6. The monoisotopic (exact) mass is 294 g/mol. The fourth-order valence-electron chi connectivity index (χ4n) is 1.79. The Morgan fingerprint density at radius 3 is 2.55 bits per heavy atom. The highest BCUT2D eigenvalue weighted by Gasteiger charge is 2.03. The Labute approximate surface area is 130 Å². The third kappa shape index (κ3) is 4.90. The zero-order valence-electron chi connectivity index (χ0n) is 12.4. The molecule has 1 amide bonds. The van der Waals surface area contributed by atoms with E-state index in [2.05, 4.69) is 10.5 Å². The van der Waals surface area contributed by atoms with E-state index in [0.717, 1.165) is 11.3 Å². The number of carbonyl (C=O) groups is 1. The van der Waals surface area contributed by atoms with Gasteiger partial charge in [0.15, 0.2) is 0 Å². The minimum absolute atomic E-state index is 0.257. The van der Waals surface area contributed by atoms with Gasteiger partial charge in [0.05, 0.1) is 6.61 Å². The van der Waals surface area contributed by atoms with E-state index < -0.39 is 0 Å². The largest absolute Gasteiger partial charge is 0.494 e. The maximum absolute atomic E-state index is 11.9. The van der Waals surface area contributed by atoms with Gasteiger partial charge in [0, 0.05) is 11.8 Å². The molecule has 0 aliphatic heterocycles. The minimum Gasteiger partial charge on any atom is -0.494 e. The Hall–Kier alpha value is -2.88. The van der Waals surface area contributed by atoms with Crippen molar-refractivity contribution in [3.63, 3.8) is 0 Å². The number of nitrogens with zero attached hydrogens (tertiary/aromatic N) is 1. The smallest absolute Gasteiger partial charge is 0.271 e. The van der Waals surface area contributed by atoms with Crippen molar-refractivity contribution in [1.29, 1.82) is 0 Å². The molecule has 22 heavy (non-hydrogen) atoms. The van der Waals surface area contributed by atoms with Crippen molar-refractivity contribution in [2.75, 3.05) is 6.61 Å². The molecule has 0 radical (unpaired) electrons. The van der Waals surface area contributed by atoms with Crippen molar-refractivity contribution in [2.45, 2.75) is 6.92 Å². The Kier molecular flexibility index (Phi) is 5.93. The third-order valence-electron chi connectivity index (χ3n) is 2.84. The van der Waals surface area contributed by atoms with E-state index in [1.165, 1.54) is 0 Å². The van der Waals surface area contributed by atoms with Gasteiger partial charge in [-0.1, -0.05) is 36.4 Å². The summed E-state index contributed by atoms with van der Waals surface area (Å²) in [7, 11) is 0. The van der Waals surface area contributed by atoms with Crippen molar-refractivity contribution in [3.05, 3.63) is 71.8 Å². The quantitative estimate of drug-likeness (QED) is 0.654. The lowest BCUT2D eigenvalue weighted by Crippen LogP contribution is -2.17. The standard InChI is InChI=1S/C18H18N2O2/c1-2-22-17-12-10-16(11-13-17)18(21)20-19-14-6-9-15-7-4-3-5-8-15/h3-14H,2H2,1H3,(H,20,21)/b9-6+,19-14-. The maximum atomic E-state index is 11.9. The average molecular weight is 294 g/mol. The molecule has 0 fully saturated rings. The molecule has 0 atom stereocenters. The Morgan fingerprint density at radius 2 is 1.86 bits per heavy atom. The summed E-state index contributed by atoms with van der Waals surface area (Å²) in [6.07, 6.45) is 5.22. The predicted molar refractivity (Wildman–Crippen MR) is 89.0 cm³/mol. The average Bonchev–Trinajstić information content (AvgIpc) is 2.56. The van der Waals surface area contributed by atoms with E-state index in [1.807, 2.05) is 43.3 Å². The molecule has 0 saturated heterocycles. The highest BCUT2D eigenvalue weighted by atomic mass is 16.5. The predicted octanol–water partition coefficient (Wildman–Crippen LogP) is 3.51. The summed E-state index contributed by atoms with van der Waals surface area (Å²) in [5, 5.41) is 3.88. The van der Waals surface area contributed by atoms with Gasteiger partial charge in [-0.3, -0.25) is 4.79 Å². The Bertz CT molecular complexity index is 647. The van der Waals surface area contributed by atoms with Crippen LogP contribution in [0.3, 0.4) is 0 Å². The lowest BCUT2D eigenvalue weighted by Gasteiger charge is -2.03. The van der Waals surface area contributed by atoms with Crippen LogP contribution in [0.4, 0.5) is 0 Å². The second kappa shape index (κ2) is 8.42.